The molecule has 5 heteroatoms. The van der Waals surface area contributed by atoms with Crippen LogP contribution in [-0.2, 0) is 13.1 Å². The van der Waals surface area contributed by atoms with Gasteiger partial charge in [-0.05, 0) is 39.8 Å². The van der Waals surface area contributed by atoms with Crippen molar-refractivity contribution in [3.05, 3.63) is 41.0 Å². The van der Waals surface area contributed by atoms with E-state index in [9.17, 15) is 0 Å². The van der Waals surface area contributed by atoms with Crippen molar-refractivity contribution < 1.29 is 4.74 Å². The first-order valence-corrected chi connectivity index (χ1v) is 7.32. The summed E-state index contributed by atoms with van der Waals surface area (Å²) in [5.41, 5.74) is 4.29. The van der Waals surface area contributed by atoms with Crippen LogP contribution in [-0.4, -0.2) is 28.4 Å². The van der Waals surface area contributed by atoms with Crippen LogP contribution in [0.25, 0.3) is 0 Å². The van der Waals surface area contributed by atoms with Crippen LogP contribution >= 0.6 is 0 Å². The van der Waals surface area contributed by atoms with Crippen LogP contribution in [0.15, 0.2) is 18.2 Å². The molecule has 0 radical (unpaired) electrons. The second-order valence-electron chi connectivity index (χ2n) is 5.32. The number of methoxy groups -OCH3 is 1. The number of nitrogens with one attached hydrogen (secondary N) is 1. The molecule has 0 bridgehead atoms. The smallest absolute Gasteiger partial charge is 0.122 e. The zero-order chi connectivity index (χ0) is 15.2. The fourth-order valence-electron chi connectivity index (χ4n) is 2.38. The minimum absolute atomic E-state index is 0.759. The summed E-state index contributed by atoms with van der Waals surface area (Å²) in [5.74, 6) is 0.863. The number of ether oxygens (including phenoxy) is 1. The Labute approximate surface area is 126 Å². The van der Waals surface area contributed by atoms with E-state index in [1.165, 1.54) is 5.69 Å². The molecule has 0 unspecified atom stereocenters. The molecule has 0 atom stereocenters. The molecule has 0 aliphatic carbocycles. The second-order valence-corrected chi connectivity index (χ2v) is 5.32. The van der Waals surface area contributed by atoms with Crippen molar-refractivity contribution in [1.29, 1.82) is 0 Å². The largest absolute Gasteiger partial charge is 0.497 e. The number of aryl methyl sites for hydroxylation is 4. The molecule has 0 saturated heterocycles. The topological polar surface area (TPSA) is 52.0 Å². The van der Waals surface area contributed by atoms with Gasteiger partial charge in [0, 0.05) is 36.6 Å². The Hall–Kier alpha value is -1.88. The summed E-state index contributed by atoms with van der Waals surface area (Å²) in [7, 11) is 1.68. The molecule has 2 aromatic rings. The summed E-state index contributed by atoms with van der Waals surface area (Å²) in [6, 6.07) is 6.02. The summed E-state index contributed by atoms with van der Waals surface area (Å²) in [5, 5.41) is 7.88. The molecule has 0 saturated carbocycles. The molecule has 0 aromatic carbocycles. The molecule has 114 valence electrons. The summed E-state index contributed by atoms with van der Waals surface area (Å²) >= 11 is 0. The van der Waals surface area contributed by atoms with Crippen LogP contribution in [0.2, 0.25) is 0 Å². The van der Waals surface area contributed by atoms with E-state index in [4.69, 9.17) is 4.74 Å². The molecular formula is C16H24N4O. The zero-order valence-corrected chi connectivity index (χ0v) is 13.3. The van der Waals surface area contributed by atoms with E-state index in [0.717, 1.165) is 48.9 Å². The van der Waals surface area contributed by atoms with Gasteiger partial charge in [0.2, 0.25) is 0 Å². The van der Waals surface area contributed by atoms with Gasteiger partial charge < -0.3 is 10.1 Å². The highest BCUT2D eigenvalue weighted by atomic mass is 16.5. The number of nitrogens with zero attached hydrogens (tertiary/aromatic N) is 3. The Morgan fingerprint density at radius 3 is 2.62 bits per heavy atom. The van der Waals surface area contributed by atoms with Gasteiger partial charge in [-0.15, -0.1) is 0 Å². The van der Waals surface area contributed by atoms with Crippen LogP contribution < -0.4 is 10.1 Å². The van der Waals surface area contributed by atoms with Gasteiger partial charge in [0.25, 0.3) is 0 Å². The first-order valence-electron chi connectivity index (χ1n) is 7.32. The fraction of sp³-hybridized carbons (Fsp3) is 0.500. The number of aromatic nitrogens is 3. The van der Waals surface area contributed by atoms with Crippen molar-refractivity contribution >= 4 is 0 Å². The molecule has 0 amide bonds. The third kappa shape index (κ3) is 4.56. The van der Waals surface area contributed by atoms with E-state index >= 15 is 0 Å². The third-order valence-corrected chi connectivity index (χ3v) is 3.35. The van der Waals surface area contributed by atoms with Crippen molar-refractivity contribution in [3.63, 3.8) is 0 Å². The van der Waals surface area contributed by atoms with Gasteiger partial charge in [0.15, 0.2) is 0 Å². The van der Waals surface area contributed by atoms with E-state index in [0.29, 0.717) is 0 Å². The van der Waals surface area contributed by atoms with Gasteiger partial charge in [0.05, 0.1) is 18.5 Å². The van der Waals surface area contributed by atoms with Crippen LogP contribution in [0, 0.1) is 20.8 Å². The highest BCUT2D eigenvalue weighted by Gasteiger charge is 2.02. The summed E-state index contributed by atoms with van der Waals surface area (Å²) in [6.07, 6.45) is 1.05. The van der Waals surface area contributed by atoms with Crippen LogP contribution in [0.3, 0.4) is 0 Å². The number of pyridine rings is 1. The predicted octanol–water partition coefficient (Wildman–Crippen LogP) is 2.39. The summed E-state index contributed by atoms with van der Waals surface area (Å²) < 4.78 is 7.32. The Morgan fingerprint density at radius 2 is 1.95 bits per heavy atom. The standard InChI is InChI=1S/C16H24N4O/c1-12-9-16(21-4)10-15(18-12)11-17-6-5-7-20-14(3)8-13(2)19-20/h8-10,17H,5-7,11H2,1-4H3. The number of rotatable bonds is 7. The molecule has 2 heterocycles. The monoisotopic (exact) mass is 288 g/mol. The van der Waals surface area contributed by atoms with Crippen molar-refractivity contribution in [2.45, 2.75) is 40.3 Å². The van der Waals surface area contributed by atoms with E-state index in [1.807, 2.05) is 26.0 Å². The Kier molecular flexibility index (Phi) is 5.33. The Balaban J connectivity index is 1.75. The van der Waals surface area contributed by atoms with Gasteiger partial charge in [-0.3, -0.25) is 9.67 Å². The average Bonchev–Trinajstić information content (AvgIpc) is 2.76. The third-order valence-electron chi connectivity index (χ3n) is 3.35. The summed E-state index contributed by atoms with van der Waals surface area (Å²) in [6.45, 7) is 8.74. The molecule has 5 nitrogen and oxygen atoms in total. The Bertz CT molecular complexity index is 592. The molecule has 0 fully saturated rings. The second kappa shape index (κ2) is 7.22. The molecule has 2 aromatic heterocycles. The highest BCUT2D eigenvalue weighted by Crippen LogP contribution is 2.13. The maximum atomic E-state index is 5.26. The Morgan fingerprint density at radius 1 is 1.14 bits per heavy atom. The van der Waals surface area contributed by atoms with E-state index in [-0.39, 0.29) is 0 Å². The molecule has 1 N–H and O–H groups in total. The van der Waals surface area contributed by atoms with Gasteiger partial charge in [-0.2, -0.15) is 5.10 Å². The lowest BCUT2D eigenvalue weighted by atomic mass is 10.3. The SMILES string of the molecule is COc1cc(C)nc(CNCCCn2nc(C)cc2C)c1. The first-order chi connectivity index (χ1) is 10.1. The molecular weight excluding hydrogens is 264 g/mol. The van der Waals surface area contributed by atoms with E-state index < -0.39 is 0 Å². The lowest BCUT2D eigenvalue weighted by Gasteiger charge is -2.08. The van der Waals surface area contributed by atoms with E-state index in [1.54, 1.807) is 7.11 Å². The van der Waals surface area contributed by atoms with Crippen LogP contribution in [0.1, 0.15) is 29.2 Å². The molecule has 0 aliphatic rings. The van der Waals surface area contributed by atoms with Gasteiger partial charge in [-0.1, -0.05) is 0 Å². The molecule has 0 aliphatic heterocycles. The fourth-order valence-corrected chi connectivity index (χ4v) is 2.38. The minimum Gasteiger partial charge on any atom is -0.497 e. The quantitative estimate of drug-likeness (QED) is 0.795. The summed E-state index contributed by atoms with van der Waals surface area (Å²) in [4.78, 5) is 4.49. The minimum atomic E-state index is 0.759. The lowest BCUT2D eigenvalue weighted by Crippen LogP contribution is -2.18. The van der Waals surface area contributed by atoms with Crippen LogP contribution in [0.4, 0.5) is 0 Å². The maximum Gasteiger partial charge on any atom is 0.122 e. The van der Waals surface area contributed by atoms with Crippen molar-refractivity contribution in [3.8, 4) is 5.75 Å². The van der Waals surface area contributed by atoms with Gasteiger partial charge in [-0.25, -0.2) is 0 Å². The average molecular weight is 288 g/mol. The van der Waals surface area contributed by atoms with Crippen molar-refractivity contribution in [1.82, 2.24) is 20.1 Å². The molecule has 21 heavy (non-hydrogen) atoms. The van der Waals surface area contributed by atoms with Gasteiger partial charge >= 0.3 is 0 Å². The van der Waals surface area contributed by atoms with Gasteiger partial charge in [0.1, 0.15) is 5.75 Å². The normalized spacial score (nSPS) is 10.9. The van der Waals surface area contributed by atoms with Crippen LogP contribution in [0.5, 0.6) is 5.75 Å². The lowest BCUT2D eigenvalue weighted by molar-refractivity contribution is 0.412. The predicted molar refractivity (Wildman–Crippen MR) is 83.6 cm³/mol. The highest BCUT2D eigenvalue weighted by molar-refractivity contribution is 5.26. The van der Waals surface area contributed by atoms with Crippen molar-refractivity contribution in [2.75, 3.05) is 13.7 Å². The molecule has 2 rings (SSSR count). The first kappa shape index (κ1) is 15.5. The van der Waals surface area contributed by atoms with E-state index in [2.05, 4.69) is 33.1 Å². The zero-order valence-electron chi connectivity index (χ0n) is 13.3. The van der Waals surface area contributed by atoms with Crippen molar-refractivity contribution in [2.24, 2.45) is 0 Å². The maximum absolute atomic E-state index is 5.26. The number of hydrogen-bond acceptors (Lipinski definition) is 4. The number of hydrogen-bond donors (Lipinski definition) is 1. The molecule has 0 spiro atoms.